The highest BCUT2D eigenvalue weighted by molar-refractivity contribution is 5.91. The van der Waals surface area contributed by atoms with Crippen molar-refractivity contribution >= 4 is 11.6 Å². The summed E-state index contributed by atoms with van der Waals surface area (Å²) in [6, 6.07) is 1.24. The largest absolute Gasteiger partial charge is 0.416 e. The van der Waals surface area contributed by atoms with Crippen LogP contribution in [0.15, 0.2) is 18.2 Å². The number of halogens is 6. The Balaban J connectivity index is 1.91. The van der Waals surface area contributed by atoms with Crippen LogP contribution in [0.4, 0.5) is 32.0 Å². The van der Waals surface area contributed by atoms with Crippen LogP contribution in [0.2, 0.25) is 0 Å². The number of benzene rings is 1. The minimum absolute atomic E-state index is 0.00604. The highest BCUT2D eigenvalue weighted by Gasteiger charge is 2.37. The summed E-state index contributed by atoms with van der Waals surface area (Å²) < 4.78 is 77.8. The molecular formula is C22H30F6N2O2. The van der Waals surface area contributed by atoms with Crippen molar-refractivity contribution < 1.29 is 36.2 Å². The van der Waals surface area contributed by atoms with Gasteiger partial charge in [0.15, 0.2) is 0 Å². The fraction of sp³-hybridized carbons (Fsp3) is 0.682. The molecule has 1 saturated carbocycles. The average molecular weight is 468 g/mol. The van der Waals surface area contributed by atoms with E-state index in [1.54, 1.807) is 0 Å². The Morgan fingerprint density at radius 2 is 1.47 bits per heavy atom. The van der Waals surface area contributed by atoms with Crippen molar-refractivity contribution in [1.29, 1.82) is 0 Å². The molecule has 0 spiro atoms. The molecule has 0 radical (unpaired) electrons. The molecule has 32 heavy (non-hydrogen) atoms. The van der Waals surface area contributed by atoms with Crippen LogP contribution in [-0.4, -0.2) is 29.7 Å². The molecule has 1 aromatic rings. The van der Waals surface area contributed by atoms with Crippen molar-refractivity contribution in [3.05, 3.63) is 29.3 Å². The first-order chi connectivity index (χ1) is 14.6. The number of amides is 1. The normalized spacial score (nSPS) is 21.3. The molecule has 0 heterocycles. The molecule has 1 unspecified atom stereocenters. The van der Waals surface area contributed by atoms with Gasteiger partial charge in [-0.2, -0.15) is 26.3 Å². The highest BCUT2D eigenvalue weighted by Crippen LogP contribution is 2.37. The Morgan fingerprint density at radius 1 is 0.969 bits per heavy atom. The summed E-state index contributed by atoms with van der Waals surface area (Å²) in [5, 5.41) is 15.6. The van der Waals surface area contributed by atoms with Crippen LogP contribution >= 0.6 is 0 Å². The van der Waals surface area contributed by atoms with E-state index >= 15 is 0 Å². The van der Waals surface area contributed by atoms with Gasteiger partial charge in [-0.05, 0) is 55.2 Å². The van der Waals surface area contributed by atoms with E-state index in [0.717, 1.165) is 12.8 Å². The number of aliphatic hydroxyl groups excluding tert-OH is 1. The fourth-order valence-corrected chi connectivity index (χ4v) is 3.66. The SMILES string of the molecule is CC(C)(C)C(O)CN[C@H]1CC[C@@H](CC(=O)Nc2cc(C(F)(F)F)cc(C(F)(F)F)c2)CC1. The first-order valence-corrected chi connectivity index (χ1v) is 10.6. The number of aliphatic hydroxyl groups is 1. The first-order valence-electron chi connectivity index (χ1n) is 10.6. The molecule has 10 heteroatoms. The predicted octanol–water partition coefficient (Wildman–Crippen LogP) is 5.61. The van der Waals surface area contributed by atoms with Gasteiger partial charge < -0.3 is 15.7 Å². The molecule has 1 atom stereocenters. The minimum atomic E-state index is -4.97. The van der Waals surface area contributed by atoms with E-state index in [1.165, 1.54) is 0 Å². The standard InChI is InChI=1S/C22H30F6N2O2/c1-20(2,3)18(31)12-29-16-6-4-13(5-7-16)8-19(32)30-17-10-14(21(23,24)25)9-15(11-17)22(26,27)28/h9-11,13,16,18,29,31H,4-8,12H2,1-3H3,(H,30,32)/t13-,16+,18?. The third-order valence-electron chi connectivity index (χ3n) is 5.79. The Kier molecular flexibility index (Phi) is 8.25. The Bertz CT molecular complexity index is 746. The van der Waals surface area contributed by atoms with Gasteiger partial charge in [0.25, 0.3) is 0 Å². The van der Waals surface area contributed by atoms with Gasteiger partial charge in [0.1, 0.15) is 0 Å². The summed E-state index contributed by atoms with van der Waals surface area (Å²) in [7, 11) is 0. The van der Waals surface area contributed by atoms with E-state index in [4.69, 9.17) is 0 Å². The van der Waals surface area contributed by atoms with Gasteiger partial charge in [0, 0.05) is 24.7 Å². The Labute approximate surface area is 183 Å². The van der Waals surface area contributed by atoms with Crippen LogP contribution < -0.4 is 10.6 Å². The number of rotatable bonds is 6. The number of nitrogens with one attached hydrogen (secondary N) is 2. The Hall–Kier alpha value is -1.81. The number of alkyl halides is 6. The molecule has 1 fully saturated rings. The molecule has 0 aliphatic heterocycles. The van der Waals surface area contributed by atoms with E-state index in [-0.39, 0.29) is 29.9 Å². The van der Waals surface area contributed by atoms with E-state index in [0.29, 0.717) is 31.5 Å². The van der Waals surface area contributed by atoms with Crippen molar-refractivity contribution in [3.8, 4) is 0 Å². The molecule has 0 bridgehead atoms. The average Bonchev–Trinajstić information content (AvgIpc) is 2.64. The molecule has 4 nitrogen and oxygen atoms in total. The quantitative estimate of drug-likeness (QED) is 0.476. The third kappa shape index (κ3) is 7.95. The summed E-state index contributed by atoms with van der Waals surface area (Å²) in [4.78, 5) is 12.3. The van der Waals surface area contributed by atoms with E-state index in [1.807, 2.05) is 20.8 Å². The van der Waals surface area contributed by atoms with Gasteiger partial charge in [-0.25, -0.2) is 0 Å². The predicted molar refractivity (Wildman–Crippen MR) is 109 cm³/mol. The lowest BCUT2D eigenvalue weighted by molar-refractivity contribution is -0.143. The summed E-state index contributed by atoms with van der Waals surface area (Å²) in [5.74, 6) is -0.620. The fourth-order valence-electron chi connectivity index (χ4n) is 3.66. The molecule has 182 valence electrons. The van der Waals surface area contributed by atoms with Gasteiger partial charge in [-0.3, -0.25) is 4.79 Å². The van der Waals surface area contributed by atoms with Gasteiger partial charge >= 0.3 is 12.4 Å². The monoisotopic (exact) mass is 468 g/mol. The zero-order valence-corrected chi connectivity index (χ0v) is 18.3. The molecular weight excluding hydrogens is 438 g/mol. The summed E-state index contributed by atoms with van der Waals surface area (Å²) in [6.45, 7) is 6.28. The van der Waals surface area contributed by atoms with Crippen molar-refractivity contribution in [2.45, 2.75) is 77.4 Å². The summed E-state index contributed by atoms with van der Waals surface area (Å²) in [5.41, 5.74) is -3.69. The molecule has 1 aliphatic carbocycles. The molecule has 3 N–H and O–H groups in total. The summed E-state index contributed by atoms with van der Waals surface area (Å²) in [6.07, 6.45) is -7.46. The van der Waals surface area contributed by atoms with Crippen molar-refractivity contribution in [2.24, 2.45) is 11.3 Å². The van der Waals surface area contributed by atoms with Crippen LogP contribution in [-0.2, 0) is 17.1 Å². The Morgan fingerprint density at radius 3 is 1.91 bits per heavy atom. The van der Waals surface area contributed by atoms with Crippen molar-refractivity contribution in [2.75, 3.05) is 11.9 Å². The maximum Gasteiger partial charge on any atom is 0.416 e. The number of anilines is 1. The molecule has 1 aliphatic rings. The lowest BCUT2D eigenvalue weighted by Gasteiger charge is -2.32. The molecule has 2 rings (SSSR count). The third-order valence-corrected chi connectivity index (χ3v) is 5.79. The van der Waals surface area contributed by atoms with Gasteiger partial charge in [-0.15, -0.1) is 0 Å². The molecule has 0 aromatic heterocycles. The minimum Gasteiger partial charge on any atom is -0.391 e. The lowest BCUT2D eigenvalue weighted by Crippen LogP contribution is -2.42. The first kappa shape index (κ1) is 26.4. The topological polar surface area (TPSA) is 61.4 Å². The highest BCUT2D eigenvalue weighted by atomic mass is 19.4. The van der Waals surface area contributed by atoms with Crippen molar-refractivity contribution in [1.82, 2.24) is 5.32 Å². The van der Waals surface area contributed by atoms with Gasteiger partial charge in [0.05, 0.1) is 17.2 Å². The smallest absolute Gasteiger partial charge is 0.391 e. The van der Waals surface area contributed by atoms with Crippen LogP contribution in [0.3, 0.4) is 0 Å². The van der Waals surface area contributed by atoms with Crippen LogP contribution in [0.1, 0.15) is 64.0 Å². The van der Waals surface area contributed by atoms with E-state index < -0.39 is 41.2 Å². The molecule has 1 aromatic carbocycles. The molecule has 1 amide bonds. The number of carbonyl (C=O) groups is 1. The summed E-state index contributed by atoms with van der Waals surface area (Å²) >= 11 is 0. The second kappa shape index (κ2) is 9.99. The van der Waals surface area contributed by atoms with Gasteiger partial charge in [-0.1, -0.05) is 20.8 Å². The second-order valence-electron chi connectivity index (χ2n) is 9.55. The number of carbonyl (C=O) groups excluding carboxylic acids is 1. The van der Waals surface area contributed by atoms with E-state index in [2.05, 4.69) is 10.6 Å². The zero-order valence-electron chi connectivity index (χ0n) is 18.3. The number of hydrogen-bond donors (Lipinski definition) is 3. The van der Waals surface area contributed by atoms with Crippen LogP contribution in [0.5, 0.6) is 0 Å². The van der Waals surface area contributed by atoms with Crippen LogP contribution in [0.25, 0.3) is 0 Å². The zero-order chi connectivity index (χ0) is 24.3. The van der Waals surface area contributed by atoms with Gasteiger partial charge in [0.2, 0.25) is 5.91 Å². The maximum atomic E-state index is 13.0. The lowest BCUT2D eigenvalue weighted by atomic mass is 9.83. The van der Waals surface area contributed by atoms with Crippen molar-refractivity contribution in [3.63, 3.8) is 0 Å². The number of hydrogen-bond acceptors (Lipinski definition) is 3. The van der Waals surface area contributed by atoms with E-state index in [9.17, 15) is 36.2 Å². The van der Waals surface area contributed by atoms with Crippen LogP contribution in [0, 0.1) is 11.3 Å². The second-order valence-corrected chi connectivity index (χ2v) is 9.55. The maximum absolute atomic E-state index is 13.0. The molecule has 0 saturated heterocycles.